The molecule has 2 aromatic heterocycles. The number of aryl methyl sites for hydroxylation is 2. The topological polar surface area (TPSA) is 119 Å². The minimum atomic E-state index is -0.462. The summed E-state index contributed by atoms with van der Waals surface area (Å²) in [4.78, 5) is 22.8. The van der Waals surface area contributed by atoms with Crippen LogP contribution in [-0.4, -0.2) is 30.8 Å². The monoisotopic (exact) mass is 340 g/mol. The summed E-state index contributed by atoms with van der Waals surface area (Å²) in [5, 5.41) is 24.6. The van der Waals surface area contributed by atoms with E-state index in [4.69, 9.17) is 0 Å². The predicted octanol–water partition coefficient (Wildman–Crippen LogP) is 2.76. The summed E-state index contributed by atoms with van der Waals surface area (Å²) in [6.45, 7) is 4.30. The lowest BCUT2D eigenvalue weighted by atomic mass is 10.1. The van der Waals surface area contributed by atoms with Crippen molar-refractivity contribution in [1.82, 2.24) is 20.0 Å². The zero-order valence-electron chi connectivity index (χ0n) is 13.7. The molecule has 0 aliphatic rings. The summed E-state index contributed by atoms with van der Waals surface area (Å²) in [5.41, 5.74) is 2.36. The summed E-state index contributed by atoms with van der Waals surface area (Å²) in [7, 11) is 0. The smallest absolute Gasteiger partial charge is 0.275 e. The minimum Gasteiger partial charge on any atom is -0.304 e. The number of aromatic nitrogens is 4. The molecular formula is C16H16N6O3. The van der Waals surface area contributed by atoms with Crippen LogP contribution in [0.2, 0.25) is 0 Å². The number of carbonyl (C=O) groups is 1. The number of anilines is 1. The molecule has 1 aromatic carbocycles. The number of carbonyl (C=O) groups excluding carboxylic acids is 1. The fourth-order valence-electron chi connectivity index (χ4n) is 2.47. The predicted molar refractivity (Wildman–Crippen MR) is 91.3 cm³/mol. The Hall–Kier alpha value is -3.49. The van der Waals surface area contributed by atoms with Gasteiger partial charge in [-0.25, -0.2) is 0 Å². The molecular weight excluding hydrogens is 324 g/mol. The average Bonchev–Trinajstić information content (AvgIpc) is 3.21. The zero-order valence-corrected chi connectivity index (χ0v) is 13.7. The van der Waals surface area contributed by atoms with E-state index in [0.717, 1.165) is 5.69 Å². The fourth-order valence-corrected chi connectivity index (χ4v) is 2.47. The first-order chi connectivity index (χ1) is 12.0. The molecule has 9 nitrogen and oxygen atoms in total. The van der Waals surface area contributed by atoms with Gasteiger partial charge < -0.3 is 5.32 Å². The highest BCUT2D eigenvalue weighted by atomic mass is 16.6. The highest BCUT2D eigenvalue weighted by Crippen LogP contribution is 2.24. The molecule has 3 rings (SSSR count). The van der Waals surface area contributed by atoms with E-state index in [1.165, 1.54) is 12.1 Å². The standard InChI is InChI=1S/C16H16N6O3/c1-3-21-14(7-10(2)20-21)16(23)17-15-9-13(18-19-15)11-5-4-6-12(8-11)22(24)25/h4-9H,3H2,1-2H3,(H2,17,18,19,23). The summed E-state index contributed by atoms with van der Waals surface area (Å²) < 4.78 is 1.61. The normalized spacial score (nSPS) is 10.6. The van der Waals surface area contributed by atoms with Crippen molar-refractivity contribution in [1.29, 1.82) is 0 Å². The number of hydrogen-bond acceptors (Lipinski definition) is 5. The van der Waals surface area contributed by atoms with Gasteiger partial charge in [-0.2, -0.15) is 10.2 Å². The summed E-state index contributed by atoms with van der Waals surface area (Å²) in [6.07, 6.45) is 0. The lowest BCUT2D eigenvalue weighted by Crippen LogP contribution is -2.17. The second kappa shape index (κ2) is 6.56. The van der Waals surface area contributed by atoms with Crippen molar-refractivity contribution in [3.05, 3.63) is 57.9 Å². The molecule has 0 fully saturated rings. The molecule has 2 heterocycles. The minimum absolute atomic E-state index is 0.0139. The molecule has 0 radical (unpaired) electrons. The third-order valence-corrected chi connectivity index (χ3v) is 3.62. The molecule has 3 aromatic rings. The lowest BCUT2D eigenvalue weighted by Gasteiger charge is -2.03. The number of rotatable bonds is 5. The molecule has 0 saturated carbocycles. The SMILES string of the molecule is CCn1nc(C)cc1C(=O)Nc1cc(-c2cccc([N+](=O)[O-])c2)[nH]n1. The van der Waals surface area contributed by atoms with Crippen LogP contribution in [0.15, 0.2) is 36.4 Å². The molecule has 25 heavy (non-hydrogen) atoms. The molecule has 0 atom stereocenters. The van der Waals surface area contributed by atoms with Crippen molar-refractivity contribution in [3.63, 3.8) is 0 Å². The number of benzene rings is 1. The van der Waals surface area contributed by atoms with Crippen molar-refractivity contribution in [2.45, 2.75) is 20.4 Å². The van der Waals surface area contributed by atoms with E-state index < -0.39 is 4.92 Å². The van der Waals surface area contributed by atoms with Gasteiger partial charge in [-0.3, -0.25) is 24.7 Å². The number of nitrogens with one attached hydrogen (secondary N) is 2. The van der Waals surface area contributed by atoms with Gasteiger partial charge in [-0.15, -0.1) is 0 Å². The molecule has 0 unspecified atom stereocenters. The lowest BCUT2D eigenvalue weighted by molar-refractivity contribution is -0.384. The number of nitro benzene ring substituents is 1. The average molecular weight is 340 g/mol. The van der Waals surface area contributed by atoms with Crippen LogP contribution in [0.25, 0.3) is 11.3 Å². The Morgan fingerprint density at radius 1 is 1.36 bits per heavy atom. The van der Waals surface area contributed by atoms with Crippen molar-refractivity contribution >= 4 is 17.4 Å². The highest BCUT2D eigenvalue weighted by molar-refractivity contribution is 6.02. The van der Waals surface area contributed by atoms with Crippen molar-refractivity contribution in [3.8, 4) is 11.3 Å². The van der Waals surface area contributed by atoms with Gasteiger partial charge in [0.2, 0.25) is 0 Å². The fraction of sp³-hybridized carbons (Fsp3) is 0.188. The Balaban J connectivity index is 1.81. The number of non-ortho nitro benzene ring substituents is 1. The van der Waals surface area contributed by atoms with E-state index in [2.05, 4.69) is 20.6 Å². The summed E-state index contributed by atoms with van der Waals surface area (Å²) >= 11 is 0. The maximum absolute atomic E-state index is 12.4. The van der Waals surface area contributed by atoms with E-state index in [1.54, 1.807) is 28.9 Å². The maximum Gasteiger partial charge on any atom is 0.275 e. The number of amides is 1. The molecule has 0 bridgehead atoms. The van der Waals surface area contributed by atoms with Crippen molar-refractivity contribution in [2.75, 3.05) is 5.32 Å². The van der Waals surface area contributed by atoms with Crippen LogP contribution in [-0.2, 0) is 6.54 Å². The number of hydrogen-bond donors (Lipinski definition) is 2. The van der Waals surface area contributed by atoms with Crippen LogP contribution in [0.5, 0.6) is 0 Å². The zero-order chi connectivity index (χ0) is 18.0. The highest BCUT2D eigenvalue weighted by Gasteiger charge is 2.15. The third-order valence-electron chi connectivity index (χ3n) is 3.62. The number of H-pyrrole nitrogens is 1. The molecule has 128 valence electrons. The first-order valence-electron chi connectivity index (χ1n) is 7.64. The quantitative estimate of drug-likeness (QED) is 0.547. The molecule has 2 N–H and O–H groups in total. The van der Waals surface area contributed by atoms with Crippen LogP contribution in [0.3, 0.4) is 0 Å². The molecule has 9 heteroatoms. The Morgan fingerprint density at radius 3 is 2.88 bits per heavy atom. The molecule has 0 aliphatic carbocycles. The molecule has 0 saturated heterocycles. The third kappa shape index (κ3) is 3.39. The Bertz CT molecular complexity index is 943. The summed E-state index contributed by atoms with van der Waals surface area (Å²) in [5.74, 6) is 0.00699. The number of aromatic amines is 1. The van der Waals surface area contributed by atoms with E-state index in [9.17, 15) is 14.9 Å². The summed E-state index contributed by atoms with van der Waals surface area (Å²) in [6, 6.07) is 9.49. The Labute approximate surface area is 142 Å². The van der Waals surface area contributed by atoms with E-state index >= 15 is 0 Å². The van der Waals surface area contributed by atoms with Crippen LogP contribution < -0.4 is 5.32 Å². The van der Waals surface area contributed by atoms with Gasteiger partial charge in [-0.05, 0) is 19.9 Å². The molecule has 0 aliphatic heterocycles. The van der Waals surface area contributed by atoms with Gasteiger partial charge in [0.1, 0.15) is 5.69 Å². The van der Waals surface area contributed by atoms with E-state index in [0.29, 0.717) is 29.3 Å². The van der Waals surface area contributed by atoms with Gasteiger partial charge in [0.25, 0.3) is 11.6 Å². The van der Waals surface area contributed by atoms with Gasteiger partial charge in [0.05, 0.1) is 16.3 Å². The first kappa shape index (κ1) is 16.4. The van der Waals surface area contributed by atoms with Gasteiger partial charge in [0, 0.05) is 30.3 Å². The first-order valence-corrected chi connectivity index (χ1v) is 7.64. The van der Waals surface area contributed by atoms with Crippen LogP contribution in [0.4, 0.5) is 11.5 Å². The van der Waals surface area contributed by atoms with Crippen LogP contribution in [0, 0.1) is 17.0 Å². The van der Waals surface area contributed by atoms with E-state index in [1.807, 2.05) is 13.8 Å². The Morgan fingerprint density at radius 2 is 2.16 bits per heavy atom. The van der Waals surface area contributed by atoms with Crippen molar-refractivity contribution in [2.24, 2.45) is 0 Å². The van der Waals surface area contributed by atoms with Crippen LogP contribution >= 0.6 is 0 Å². The molecule has 0 spiro atoms. The largest absolute Gasteiger partial charge is 0.304 e. The second-order valence-corrected chi connectivity index (χ2v) is 5.42. The number of nitro groups is 1. The van der Waals surface area contributed by atoms with Gasteiger partial charge in [-0.1, -0.05) is 12.1 Å². The van der Waals surface area contributed by atoms with Gasteiger partial charge >= 0.3 is 0 Å². The Kier molecular flexibility index (Phi) is 4.29. The van der Waals surface area contributed by atoms with Crippen molar-refractivity contribution < 1.29 is 9.72 Å². The van der Waals surface area contributed by atoms with Gasteiger partial charge in [0.15, 0.2) is 5.82 Å². The molecule has 1 amide bonds. The van der Waals surface area contributed by atoms with Crippen LogP contribution in [0.1, 0.15) is 23.1 Å². The second-order valence-electron chi connectivity index (χ2n) is 5.42. The van der Waals surface area contributed by atoms with E-state index in [-0.39, 0.29) is 11.6 Å². The maximum atomic E-state index is 12.4. The number of nitrogens with zero attached hydrogens (tertiary/aromatic N) is 4.